The standard InChI is InChI=1S/C18H26Si/c1-5-14-9-7-11-17(15(14)6-2)19-18-12-8-10-16(18)13(3)4/h7-11,13H,5-6,12,19H2,1-4H3. The van der Waals surface area contributed by atoms with E-state index in [1.807, 2.05) is 0 Å². The fraction of sp³-hybridized carbons (Fsp3) is 0.444. The van der Waals surface area contributed by atoms with Crippen LogP contribution < -0.4 is 5.19 Å². The average Bonchev–Trinajstić information content (AvgIpc) is 2.86. The third-order valence-electron chi connectivity index (χ3n) is 4.20. The van der Waals surface area contributed by atoms with Crippen molar-refractivity contribution in [1.29, 1.82) is 0 Å². The van der Waals surface area contributed by atoms with Gasteiger partial charge in [-0.05, 0) is 36.3 Å². The molecule has 1 aliphatic rings. The van der Waals surface area contributed by atoms with Crippen LogP contribution in [0.1, 0.15) is 45.2 Å². The number of hydrogen-bond donors (Lipinski definition) is 0. The highest BCUT2D eigenvalue weighted by molar-refractivity contribution is 6.62. The van der Waals surface area contributed by atoms with Crippen molar-refractivity contribution in [2.24, 2.45) is 5.92 Å². The van der Waals surface area contributed by atoms with Crippen LogP contribution in [0, 0.1) is 5.92 Å². The third-order valence-corrected chi connectivity index (χ3v) is 6.37. The Morgan fingerprint density at radius 2 is 1.95 bits per heavy atom. The Bertz CT molecular complexity index is 506. The summed E-state index contributed by atoms with van der Waals surface area (Å²) >= 11 is 0. The van der Waals surface area contributed by atoms with E-state index < -0.39 is 0 Å². The summed E-state index contributed by atoms with van der Waals surface area (Å²) < 4.78 is 0. The minimum Gasteiger partial charge on any atom is -0.0806 e. The smallest absolute Gasteiger partial charge is 0.0806 e. The first kappa shape index (κ1) is 14.3. The maximum absolute atomic E-state index is 2.38. The summed E-state index contributed by atoms with van der Waals surface area (Å²) in [5, 5.41) is 3.44. The molecule has 0 atom stereocenters. The molecule has 102 valence electrons. The maximum Gasteiger partial charge on any atom is 0.0835 e. The first-order chi connectivity index (χ1) is 9.17. The highest BCUT2D eigenvalue weighted by Gasteiger charge is 2.15. The zero-order valence-electron chi connectivity index (χ0n) is 12.8. The molecule has 0 saturated carbocycles. The van der Waals surface area contributed by atoms with Crippen molar-refractivity contribution in [2.75, 3.05) is 0 Å². The topological polar surface area (TPSA) is 0 Å². The summed E-state index contributed by atoms with van der Waals surface area (Å²) in [6, 6.07) is 6.95. The summed E-state index contributed by atoms with van der Waals surface area (Å²) in [4.78, 5) is 0. The lowest BCUT2D eigenvalue weighted by molar-refractivity contribution is 0.790. The van der Waals surface area contributed by atoms with Gasteiger partial charge in [-0.15, -0.1) is 0 Å². The molecule has 0 radical (unpaired) electrons. The second-order valence-electron chi connectivity index (χ2n) is 5.76. The van der Waals surface area contributed by atoms with E-state index in [-0.39, 0.29) is 9.52 Å². The Balaban J connectivity index is 2.32. The molecule has 0 amide bonds. The van der Waals surface area contributed by atoms with Gasteiger partial charge in [0.1, 0.15) is 0 Å². The molecule has 0 heterocycles. The fourth-order valence-electron chi connectivity index (χ4n) is 3.21. The Kier molecular flexibility index (Phi) is 4.81. The minimum atomic E-state index is -0.279. The predicted octanol–water partition coefficient (Wildman–Crippen LogP) is 3.48. The van der Waals surface area contributed by atoms with Gasteiger partial charge in [0.25, 0.3) is 0 Å². The molecule has 19 heavy (non-hydrogen) atoms. The molecule has 1 aliphatic carbocycles. The van der Waals surface area contributed by atoms with Gasteiger partial charge in [0, 0.05) is 0 Å². The van der Waals surface area contributed by atoms with Gasteiger partial charge in [-0.2, -0.15) is 0 Å². The van der Waals surface area contributed by atoms with Crippen LogP contribution in [-0.2, 0) is 12.8 Å². The number of rotatable bonds is 5. The Morgan fingerprint density at radius 1 is 1.16 bits per heavy atom. The molecular formula is C18H26Si. The molecule has 0 N–H and O–H groups in total. The number of benzene rings is 1. The van der Waals surface area contributed by atoms with Crippen LogP contribution in [0.15, 0.2) is 41.1 Å². The van der Waals surface area contributed by atoms with Crippen LogP contribution in [0.2, 0.25) is 0 Å². The molecule has 1 heteroatoms. The predicted molar refractivity (Wildman–Crippen MR) is 89.0 cm³/mol. The van der Waals surface area contributed by atoms with Crippen LogP contribution >= 0.6 is 0 Å². The molecule has 1 aromatic carbocycles. The van der Waals surface area contributed by atoms with Crippen LogP contribution in [0.25, 0.3) is 0 Å². The number of hydrogen-bond acceptors (Lipinski definition) is 0. The van der Waals surface area contributed by atoms with Gasteiger partial charge < -0.3 is 0 Å². The van der Waals surface area contributed by atoms with Crippen molar-refractivity contribution in [2.45, 2.75) is 47.0 Å². The third kappa shape index (κ3) is 3.09. The first-order valence-corrected chi connectivity index (χ1v) is 9.06. The van der Waals surface area contributed by atoms with Gasteiger partial charge in [-0.1, -0.05) is 74.0 Å². The van der Waals surface area contributed by atoms with Crippen LogP contribution in [-0.4, -0.2) is 9.52 Å². The Labute approximate surface area is 120 Å². The van der Waals surface area contributed by atoms with Gasteiger partial charge >= 0.3 is 0 Å². The van der Waals surface area contributed by atoms with Gasteiger partial charge in [-0.3, -0.25) is 0 Å². The van der Waals surface area contributed by atoms with E-state index in [0.717, 1.165) is 0 Å². The molecule has 0 bridgehead atoms. The highest BCUT2D eigenvalue weighted by atomic mass is 28.2. The molecular weight excluding hydrogens is 244 g/mol. The fourth-order valence-corrected chi connectivity index (χ4v) is 5.65. The van der Waals surface area contributed by atoms with E-state index in [1.165, 1.54) is 19.3 Å². The zero-order valence-corrected chi connectivity index (χ0v) is 14.2. The van der Waals surface area contributed by atoms with Gasteiger partial charge in [-0.25, -0.2) is 0 Å². The molecule has 0 nitrogen and oxygen atoms in total. The second kappa shape index (κ2) is 6.38. The normalized spacial score (nSPS) is 15.4. The lowest BCUT2D eigenvalue weighted by Crippen LogP contribution is -2.23. The molecule has 2 rings (SSSR count). The SMILES string of the molecule is CCc1cccc([SiH2]C2=C(C(C)C)C=CC2)c1CC. The van der Waals surface area contributed by atoms with E-state index in [2.05, 4.69) is 58.0 Å². The van der Waals surface area contributed by atoms with Crippen molar-refractivity contribution < 1.29 is 0 Å². The summed E-state index contributed by atoms with van der Waals surface area (Å²) in [7, 11) is -0.279. The molecule has 0 saturated heterocycles. The van der Waals surface area contributed by atoms with E-state index >= 15 is 0 Å². The summed E-state index contributed by atoms with van der Waals surface area (Å²) in [6.45, 7) is 9.22. The molecule has 0 unspecified atom stereocenters. The lowest BCUT2D eigenvalue weighted by atomic mass is 10.0. The van der Waals surface area contributed by atoms with E-state index in [4.69, 9.17) is 0 Å². The first-order valence-electron chi connectivity index (χ1n) is 7.65. The molecule has 0 fully saturated rings. The van der Waals surface area contributed by atoms with E-state index in [1.54, 1.807) is 27.1 Å². The molecule has 1 aromatic rings. The maximum atomic E-state index is 2.38. The summed E-state index contributed by atoms with van der Waals surface area (Å²) in [6.07, 6.45) is 8.28. The van der Waals surface area contributed by atoms with Crippen LogP contribution in [0.4, 0.5) is 0 Å². The van der Waals surface area contributed by atoms with Crippen molar-refractivity contribution in [1.82, 2.24) is 0 Å². The van der Waals surface area contributed by atoms with E-state index in [0.29, 0.717) is 5.92 Å². The van der Waals surface area contributed by atoms with Crippen LogP contribution in [0.3, 0.4) is 0 Å². The average molecular weight is 270 g/mol. The number of aryl methyl sites for hydroxylation is 1. The largest absolute Gasteiger partial charge is 0.0835 e. The van der Waals surface area contributed by atoms with Crippen molar-refractivity contribution >= 4 is 14.7 Å². The monoisotopic (exact) mass is 270 g/mol. The lowest BCUT2D eigenvalue weighted by Gasteiger charge is -2.15. The van der Waals surface area contributed by atoms with Crippen LogP contribution in [0.5, 0.6) is 0 Å². The van der Waals surface area contributed by atoms with Crippen molar-refractivity contribution in [3.05, 3.63) is 52.2 Å². The van der Waals surface area contributed by atoms with Crippen molar-refractivity contribution in [3.63, 3.8) is 0 Å². The van der Waals surface area contributed by atoms with Gasteiger partial charge in [0.2, 0.25) is 0 Å². The summed E-state index contributed by atoms with van der Waals surface area (Å²) in [5.41, 5.74) is 4.82. The molecule has 0 aromatic heterocycles. The van der Waals surface area contributed by atoms with Gasteiger partial charge in [0.15, 0.2) is 0 Å². The Hall–Kier alpha value is -1.08. The quantitative estimate of drug-likeness (QED) is 0.719. The minimum absolute atomic E-state index is 0.279. The Morgan fingerprint density at radius 3 is 2.58 bits per heavy atom. The van der Waals surface area contributed by atoms with E-state index in [9.17, 15) is 0 Å². The van der Waals surface area contributed by atoms with Crippen molar-refractivity contribution in [3.8, 4) is 0 Å². The number of allylic oxidation sites excluding steroid dienone is 4. The molecule has 0 spiro atoms. The summed E-state index contributed by atoms with van der Waals surface area (Å²) in [5.74, 6) is 0.681. The zero-order chi connectivity index (χ0) is 13.8. The second-order valence-corrected chi connectivity index (χ2v) is 7.73. The molecule has 0 aliphatic heterocycles. The highest BCUT2D eigenvalue weighted by Crippen LogP contribution is 2.24. The van der Waals surface area contributed by atoms with Gasteiger partial charge in [0.05, 0.1) is 9.52 Å².